The lowest BCUT2D eigenvalue weighted by Gasteiger charge is -2.08. The lowest BCUT2D eigenvalue weighted by atomic mass is 10.2. The first-order chi connectivity index (χ1) is 12.3. The van der Waals surface area contributed by atoms with Crippen LogP contribution in [0, 0.1) is 13.8 Å². The third kappa shape index (κ3) is 4.24. The molecule has 0 fully saturated rings. The van der Waals surface area contributed by atoms with Gasteiger partial charge in [0.2, 0.25) is 5.95 Å². The molecule has 0 atom stereocenters. The van der Waals surface area contributed by atoms with E-state index in [1.54, 1.807) is 24.4 Å². The summed E-state index contributed by atoms with van der Waals surface area (Å²) in [7, 11) is -3.81. The van der Waals surface area contributed by atoms with E-state index in [9.17, 15) is 13.2 Å². The Labute approximate surface area is 155 Å². The molecule has 0 aliphatic carbocycles. The van der Waals surface area contributed by atoms with Crippen LogP contribution in [0.25, 0.3) is 0 Å². The molecular formula is C17H16N4O3S2. The quantitative estimate of drug-likeness (QED) is 0.699. The van der Waals surface area contributed by atoms with Gasteiger partial charge in [0.25, 0.3) is 15.9 Å². The second-order valence-electron chi connectivity index (χ2n) is 5.55. The summed E-state index contributed by atoms with van der Waals surface area (Å²) in [5, 5.41) is 4.51. The number of anilines is 2. The number of carbonyl (C=O) groups excluding carboxylic acids is 1. The first kappa shape index (κ1) is 18.0. The Bertz CT molecular complexity index is 1040. The van der Waals surface area contributed by atoms with Gasteiger partial charge >= 0.3 is 0 Å². The molecule has 3 rings (SSSR count). The van der Waals surface area contributed by atoms with Crippen LogP contribution in [0.3, 0.4) is 0 Å². The molecule has 2 N–H and O–H groups in total. The first-order valence-electron chi connectivity index (χ1n) is 7.62. The van der Waals surface area contributed by atoms with Crippen LogP contribution in [0.5, 0.6) is 0 Å². The van der Waals surface area contributed by atoms with E-state index in [0.717, 1.165) is 4.88 Å². The number of amides is 1. The predicted octanol–water partition coefficient (Wildman–Crippen LogP) is 3.21. The van der Waals surface area contributed by atoms with E-state index in [0.29, 0.717) is 16.9 Å². The van der Waals surface area contributed by atoms with Gasteiger partial charge < -0.3 is 5.32 Å². The fourth-order valence-corrected chi connectivity index (χ4v) is 3.79. The molecule has 0 bridgehead atoms. The van der Waals surface area contributed by atoms with Crippen LogP contribution in [-0.2, 0) is 10.0 Å². The van der Waals surface area contributed by atoms with Gasteiger partial charge in [0, 0.05) is 27.8 Å². The van der Waals surface area contributed by atoms with E-state index in [1.807, 2.05) is 6.92 Å². The minimum absolute atomic E-state index is 0.00945. The lowest BCUT2D eigenvalue weighted by molar-refractivity contribution is 0.102. The molecule has 2 heterocycles. The van der Waals surface area contributed by atoms with Crippen LogP contribution in [0.15, 0.2) is 52.9 Å². The smallest absolute Gasteiger partial charge is 0.264 e. The molecule has 0 aliphatic heterocycles. The van der Waals surface area contributed by atoms with Gasteiger partial charge in [0.15, 0.2) is 0 Å². The highest BCUT2D eigenvalue weighted by Crippen LogP contribution is 2.19. The van der Waals surface area contributed by atoms with Gasteiger partial charge in [-0.15, -0.1) is 11.3 Å². The van der Waals surface area contributed by atoms with E-state index in [1.165, 1.54) is 41.8 Å². The Morgan fingerprint density at radius 2 is 1.85 bits per heavy atom. The van der Waals surface area contributed by atoms with E-state index in [4.69, 9.17) is 0 Å². The molecule has 1 aromatic carbocycles. The van der Waals surface area contributed by atoms with Crippen molar-refractivity contribution in [2.24, 2.45) is 0 Å². The fourth-order valence-electron chi connectivity index (χ4n) is 2.16. The monoisotopic (exact) mass is 388 g/mol. The summed E-state index contributed by atoms with van der Waals surface area (Å²) in [6.07, 6.45) is 1.48. The molecule has 7 nitrogen and oxygen atoms in total. The van der Waals surface area contributed by atoms with E-state index in [-0.39, 0.29) is 16.8 Å². The Hall–Kier alpha value is -2.78. The summed E-state index contributed by atoms with van der Waals surface area (Å²) in [5.41, 5.74) is 1.73. The summed E-state index contributed by atoms with van der Waals surface area (Å²) < 4.78 is 27.1. The first-order valence-corrected chi connectivity index (χ1v) is 9.99. The maximum atomic E-state index is 12.4. The van der Waals surface area contributed by atoms with Crippen molar-refractivity contribution in [3.63, 3.8) is 0 Å². The highest BCUT2D eigenvalue weighted by atomic mass is 32.2. The number of nitrogens with one attached hydrogen (secondary N) is 2. The largest absolute Gasteiger partial charge is 0.322 e. The number of rotatable bonds is 5. The highest BCUT2D eigenvalue weighted by molar-refractivity contribution is 7.92. The summed E-state index contributed by atoms with van der Waals surface area (Å²) in [6, 6.07) is 9.35. The second kappa shape index (κ2) is 7.22. The molecule has 0 saturated carbocycles. The predicted molar refractivity (Wildman–Crippen MR) is 101 cm³/mol. The number of hydrogen-bond donors (Lipinski definition) is 2. The standard InChI is InChI=1S/C17H16N4O3S2/c1-11-7-8-18-17(19-11)21-26(23,24)15-5-3-14(4-6-15)20-16(22)13-9-12(2)25-10-13/h3-10H,1-2H3,(H,20,22)(H,18,19,21). The van der Waals surface area contributed by atoms with Crippen LogP contribution in [0.4, 0.5) is 11.6 Å². The van der Waals surface area contributed by atoms with E-state index in [2.05, 4.69) is 20.0 Å². The van der Waals surface area contributed by atoms with Gasteiger partial charge in [-0.2, -0.15) is 0 Å². The Kier molecular flexibility index (Phi) is 5.01. The maximum absolute atomic E-state index is 12.4. The van der Waals surface area contributed by atoms with Crippen molar-refractivity contribution in [1.29, 1.82) is 0 Å². The Balaban J connectivity index is 1.73. The third-order valence-corrected chi connectivity index (χ3v) is 5.64. The fraction of sp³-hybridized carbons (Fsp3) is 0.118. The number of carbonyl (C=O) groups is 1. The minimum atomic E-state index is -3.81. The van der Waals surface area contributed by atoms with E-state index < -0.39 is 10.0 Å². The van der Waals surface area contributed by atoms with Gasteiger partial charge in [-0.3, -0.25) is 4.79 Å². The number of thiophene rings is 1. The molecular weight excluding hydrogens is 372 g/mol. The summed E-state index contributed by atoms with van der Waals surface area (Å²) >= 11 is 1.49. The van der Waals surface area contributed by atoms with Crippen molar-refractivity contribution >= 4 is 38.9 Å². The zero-order valence-electron chi connectivity index (χ0n) is 14.1. The minimum Gasteiger partial charge on any atom is -0.322 e. The number of benzene rings is 1. The zero-order chi connectivity index (χ0) is 18.7. The molecule has 0 spiro atoms. The van der Waals surface area contributed by atoms with Gasteiger partial charge in [0.1, 0.15) is 0 Å². The van der Waals surface area contributed by atoms with Crippen molar-refractivity contribution in [2.45, 2.75) is 18.7 Å². The average Bonchev–Trinajstić information content (AvgIpc) is 3.01. The molecule has 1 amide bonds. The normalized spacial score (nSPS) is 11.2. The van der Waals surface area contributed by atoms with Crippen molar-refractivity contribution in [3.8, 4) is 0 Å². The lowest BCUT2D eigenvalue weighted by Crippen LogP contribution is -2.15. The van der Waals surface area contributed by atoms with Crippen molar-refractivity contribution < 1.29 is 13.2 Å². The van der Waals surface area contributed by atoms with Crippen LogP contribution in [-0.4, -0.2) is 24.3 Å². The zero-order valence-corrected chi connectivity index (χ0v) is 15.7. The van der Waals surface area contributed by atoms with Crippen molar-refractivity contribution in [3.05, 3.63) is 64.1 Å². The van der Waals surface area contributed by atoms with Crippen LogP contribution in [0.1, 0.15) is 20.9 Å². The Morgan fingerprint density at radius 3 is 2.46 bits per heavy atom. The molecule has 26 heavy (non-hydrogen) atoms. The number of sulfonamides is 1. The number of nitrogens with zero attached hydrogens (tertiary/aromatic N) is 2. The van der Waals surface area contributed by atoms with Gasteiger partial charge in [-0.25, -0.2) is 23.1 Å². The molecule has 0 saturated heterocycles. The molecule has 9 heteroatoms. The van der Waals surface area contributed by atoms with E-state index >= 15 is 0 Å². The summed E-state index contributed by atoms with van der Waals surface area (Å²) in [5.74, 6) is -0.230. The van der Waals surface area contributed by atoms with Crippen LogP contribution >= 0.6 is 11.3 Å². The SMILES string of the molecule is Cc1ccnc(NS(=O)(=O)c2ccc(NC(=O)c3csc(C)c3)cc2)n1. The van der Waals surface area contributed by atoms with Crippen LogP contribution in [0.2, 0.25) is 0 Å². The molecule has 3 aromatic rings. The van der Waals surface area contributed by atoms with Crippen molar-refractivity contribution in [1.82, 2.24) is 9.97 Å². The molecule has 2 aromatic heterocycles. The second-order valence-corrected chi connectivity index (χ2v) is 8.35. The van der Waals surface area contributed by atoms with Gasteiger partial charge in [0.05, 0.1) is 10.5 Å². The summed E-state index contributed by atoms with van der Waals surface area (Å²) in [6.45, 7) is 3.66. The molecule has 0 radical (unpaired) electrons. The molecule has 0 unspecified atom stereocenters. The average molecular weight is 388 g/mol. The van der Waals surface area contributed by atoms with Crippen LogP contribution < -0.4 is 10.0 Å². The maximum Gasteiger partial charge on any atom is 0.264 e. The number of aromatic nitrogens is 2. The Morgan fingerprint density at radius 1 is 1.12 bits per heavy atom. The van der Waals surface area contributed by atoms with Crippen molar-refractivity contribution in [2.75, 3.05) is 10.0 Å². The molecule has 134 valence electrons. The summed E-state index contributed by atoms with van der Waals surface area (Å²) in [4.78, 5) is 21.1. The van der Waals surface area contributed by atoms with Gasteiger partial charge in [-0.1, -0.05) is 0 Å². The number of hydrogen-bond acceptors (Lipinski definition) is 6. The topological polar surface area (TPSA) is 101 Å². The molecule has 0 aliphatic rings. The third-order valence-electron chi connectivity index (χ3n) is 3.44. The van der Waals surface area contributed by atoms with Gasteiger partial charge in [-0.05, 0) is 50.2 Å². The number of aryl methyl sites for hydroxylation is 2. The highest BCUT2D eigenvalue weighted by Gasteiger charge is 2.16.